The molecule has 6 nitrogen and oxygen atoms in total. The number of thioether (sulfide) groups is 1. The zero-order chi connectivity index (χ0) is 22.7. The first-order valence-electron chi connectivity index (χ1n) is 9.79. The van der Waals surface area contributed by atoms with Crippen LogP contribution in [0.1, 0.15) is 15.9 Å². The zero-order valence-corrected chi connectivity index (χ0v) is 18.3. The van der Waals surface area contributed by atoms with E-state index in [2.05, 4.69) is 4.99 Å². The minimum atomic E-state index is -0.992. The molecule has 0 radical (unpaired) electrons. The molecule has 0 aliphatic carbocycles. The maximum absolute atomic E-state index is 12.7. The van der Waals surface area contributed by atoms with Gasteiger partial charge < -0.3 is 9.84 Å². The van der Waals surface area contributed by atoms with E-state index < -0.39 is 5.97 Å². The summed E-state index contributed by atoms with van der Waals surface area (Å²) in [5, 5.41) is 9.56. The summed E-state index contributed by atoms with van der Waals surface area (Å²) < 4.78 is 5.22. The lowest BCUT2D eigenvalue weighted by molar-refractivity contribution is -0.121. The van der Waals surface area contributed by atoms with Gasteiger partial charge in [0.2, 0.25) is 0 Å². The van der Waals surface area contributed by atoms with Crippen LogP contribution in [0, 0.1) is 0 Å². The number of benzene rings is 3. The number of amides is 1. The number of ether oxygens (including phenoxy) is 1. The molecule has 1 N–H and O–H groups in total. The maximum Gasteiger partial charge on any atom is 0.335 e. The van der Waals surface area contributed by atoms with E-state index >= 15 is 0 Å². The maximum atomic E-state index is 12.7. The van der Waals surface area contributed by atoms with Crippen LogP contribution in [0.15, 0.2) is 82.7 Å². The number of amidine groups is 1. The summed E-state index contributed by atoms with van der Waals surface area (Å²) in [6, 6.07) is 22.0. The molecule has 1 heterocycles. The van der Waals surface area contributed by atoms with Crippen molar-refractivity contribution in [3.63, 3.8) is 0 Å². The van der Waals surface area contributed by atoms with E-state index in [9.17, 15) is 9.59 Å². The summed E-state index contributed by atoms with van der Waals surface area (Å²) in [6.07, 6.45) is 1.85. The molecule has 1 fully saturated rings. The summed E-state index contributed by atoms with van der Waals surface area (Å²) in [5.74, 6) is -0.327. The van der Waals surface area contributed by atoms with Gasteiger partial charge in [-0.1, -0.05) is 30.3 Å². The highest BCUT2D eigenvalue weighted by atomic mass is 32.2. The van der Waals surface area contributed by atoms with E-state index in [-0.39, 0.29) is 11.5 Å². The number of methoxy groups -OCH3 is 1. The Morgan fingerprint density at radius 1 is 1.03 bits per heavy atom. The van der Waals surface area contributed by atoms with E-state index in [1.165, 1.54) is 28.8 Å². The summed E-state index contributed by atoms with van der Waals surface area (Å²) in [7, 11) is 3.31. The number of hydrogen-bond donors (Lipinski definition) is 1. The Bertz CT molecular complexity index is 1230. The van der Waals surface area contributed by atoms with E-state index in [0.29, 0.717) is 15.8 Å². The molecule has 1 amide bonds. The molecule has 1 saturated heterocycles. The van der Waals surface area contributed by atoms with Crippen LogP contribution in [0.4, 0.5) is 5.69 Å². The van der Waals surface area contributed by atoms with E-state index in [0.717, 1.165) is 22.4 Å². The number of carboxylic acid groups (broad SMARTS) is 1. The van der Waals surface area contributed by atoms with Crippen LogP contribution in [0.3, 0.4) is 0 Å². The number of carbonyl (C=O) groups is 2. The first-order valence-corrected chi connectivity index (χ1v) is 10.6. The molecule has 0 spiro atoms. The standard InChI is InChI=1S/C25H20N2O4S/c1-27-23(28)22(32-25(27)26-20-10-6-18(7-11-20)24(29)30)15-16-4-3-5-19(14-16)17-8-12-21(31-2)13-9-17/h3-15H,1-2H3,(H,29,30)/b22-15-,26-25?. The largest absolute Gasteiger partial charge is 0.497 e. The number of carboxylic acids is 1. The molecule has 0 unspecified atom stereocenters. The fourth-order valence-corrected chi connectivity index (χ4v) is 4.17. The number of nitrogens with zero attached hydrogens (tertiary/aromatic N) is 2. The normalized spacial score (nSPS) is 16.1. The highest BCUT2D eigenvalue weighted by Gasteiger charge is 2.30. The average molecular weight is 445 g/mol. The van der Waals surface area contributed by atoms with Crippen LogP contribution in [-0.4, -0.2) is 41.2 Å². The molecular formula is C25H20N2O4S. The van der Waals surface area contributed by atoms with Crippen molar-refractivity contribution in [3.8, 4) is 16.9 Å². The highest BCUT2D eigenvalue weighted by molar-refractivity contribution is 8.18. The molecule has 7 heteroatoms. The van der Waals surface area contributed by atoms with Crippen LogP contribution in [0.5, 0.6) is 5.75 Å². The molecule has 3 aromatic carbocycles. The zero-order valence-electron chi connectivity index (χ0n) is 17.5. The first-order chi connectivity index (χ1) is 15.4. The van der Waals surface area contributed by atoms with Crippen LogP contribution < -0.4 is 4.74 Å². The SMILES string of the molecule is COc1ccc(-c2cccc(/C=C3\SC(=Nc4ccc(C(=O)O)cc4)N(C)C3=O)c2)cc1. The highest BCUT2D eigenvalue weighted by Crippen LogP contribution is 2.34. The molecule has 160 valence electrons. The Kier molecular flexibility index (Phi) is 6.09. The third-order valence-electron chi connectivity index (χ3n) is 4.95. The van der Waals surface area contributed by atoms with Gasteiger partial charge in [-0.15, -0.1) is 0 Å². The van der Waals surface area contributed by atoms with Crippen molar-refractivity contribution in [3.05, 3.63) is 88.8 Å². The quantitative estimate of drug-likeness (QED) is 0.541. The van der Waals surface area contributed by atoms with Crippen molar-refractivity contribution in [1.29, 1.82) is 0 Å². The molecular weight excluding hydrogens is 424 g/mol. The van der Waals surface area contributed by atoms with Crippen molar-refractivity contribution < 1.29 is 19.4 Å². The number of rotatable bonds is 5. The molecule has 0 atom stereocenters. The second-order valence-corrected chi connectivity index (χ2v) is 8.08. The van der Waals surface area contributed by atoms with Gasteiger partial charge in [-0.2, -0.15) is 0 Å². The van der Waals surface area contributed by atoms with Crippen LogP contribution >= 0.6 is 11.8 Å². The minimum absolute atomic E-state index is 0.134. The summed E-state index contributed by atoms with van der Waals surface area (Å²) >= 11 is 1.29. The predicted molar refractivity (Wildman–Crippen MR) is 127 cm³/mol. The average Bonchev–Trinajstić information content (AvgIpc) is 3.07. The van der Waals surface area contributed by atoms with Crippen molar-refractivity contribution in [2.75, 3.05) is 14.2 Å². The van der Waals surface area contributed by atoms with Gasteiger partial charge in [-0.25, -0.2) is 9.79 Å². The van der Waals surface area contributed by atoms with Gasteiger partial charge in [0.1, 0.15) is 5.75 Å². The molecule has 4 rings (SSSR count). The molecule has 1 aliphatic heterocycles. The Labute approximate surface area is 189 Å². The molecule has 0 saturated carbocycles. The molecule has 1 aliphatic rings. The van der Waals surface area contributed by atoms with Gasteiger partial charge in [0.05, 0.1) is 23.3 Å². The lowest BCUT2D eigenvalue weighted by atomic mass is 10.0. The Hall–Kier alpha value is -3.84. The molecule has 0 bridgehead atoms. The van der Waals surface area contributed by atoms with Gasteiger partial charge in [0, 0.05) is 7.05 Å². The van der Waals surface area contributed by atoms with Crippen molar-refractivity contribution in [1.82, 2.24) is 4.90 Å². The van der Waals surface area contributed by atoms with E-state index in [4.69, 9.17) is 9.84 Å². The molecule has 32 heavy (non-hydrogen) atoms. The number of aromatic carboxylic acids is 1. The van der Waals surface area contributed by atoms with Crippen LogP contribution in [-0.2, 0) is 4.79 Å². The summed E-state index contributed by atoms with van der Waals surface area (Å²) in [6.45, 7) is 0. The summed E-state index contributed by atoms with van der Waals surface area (Å²) in [5.41, 5.74) is 3.78. The second-order valence-electron chi connectivity index (χ2n) is 7.08. The summed E-state index contributed by atoms with van der Waals surface area (Å²) in [4.78, 5) is 30.3. The molecule has 0 aromatic heterocycles. The van der Waals surface area contributed by atoms with Crippen molar-refractivity contribution >= 4 is 40.6 Å². The fourth-order valence-electron chi connectivity index (χ4n) is 3.18. The van der Waals surface area contributed by atoms with E-state index in [1.807, 2.05) is 54.6 Å². The van der Waals surface area contributed by atoms with Crippen LogP contribution in [0.25, 0.3) is 17.2 Å². The third-order valence-corrected chi connectivity index (χ3v) is 6.01. The minimum Gasteiger partial charge on any atom is -0.497 e. The van der Waals surface area contributed by atoms with Gasteiger partial charge in [-0.05, 0) is 77.0 Å². The van der Waals surface area contributed by atoms with Crippen molar-refractivity contribution in [2.24, 2.45) is 4.99 Å². The second kappa shape index (κ2) is 9.11. The van der Waals surface area contributed by atoms with E-state index in [1.54, 1.807) is 26.3 Å². The predicted octanol–water partition coefficient (Wildman–Crippen LogP) is 5.29. The topological polar surface area (TPSA) is 79.2 Å². The first kappa shape index (κ1) is 21.4. The molecule has 3 aromatic rings. The fraction of sp³-hybridized carbons (Fsp3) is 0.0800. The number of aliphatic imine (C=N–C) groups is 1. The smallest absolute Gasteiger partial charge is 0.335 e. The third kappa shape index (κ3) is 4.58. The van der Waals surface area contributed by atoms with Gasteiger partial charge in [-0.3, -0.25) is 9.69 Å². The van der Waals surface area contributed by atoms with Gasteiger partial charge in [0.15, 0.2) is 5.17 Å². The number of carbonyl (C=O) groups excluding carboxylic acids is 1. The van der Waals surface area contributed by atoms with Crippen molar-refractivity contribution in [2.45, 2.75) is 0 Å². The number of likely N-dealkylation sites (N-methyl/N-ethyl adjacent to an activating group) is 1. The Morgan fingerprint density at radius 3 is 2.41 bits per heavy atom. The van der Waals surface area contributed by atoms with Gasteiger partial charge >= 0.3 is 5.97 Å². The Morgan fingerprint density at radius 2 is 1.75 bits per heavy atom. The monoisotopic (exact) mass is 444 g/mol. The van der Waals surface area contributed by atoms with Crippen LogP contribution in [0.2, 0.25) is 0 Å². The Balaban J connectivity index is 1.58. The van der Waals surface area contributed by atoms with Gasteiger partial charge in [0.25, 0.3) is 5.91 Å². The lowest BCUT2D eigenvalue weighted by Gasteiger charge is -2.07. The number of hydrogen-bond acceptors (Lipinski definition) is 5. The lowest BCUT2D eigenvalue weighted by Crippen LogP contribution is -2.23.